The molecule has 1 aromatic rings. The van der Waals surface area contributed by atoms with Crippen LogP contribution in [-0.4, -0.2) is 6.10 Å². The fraction of sp³-hybridized carbons (Fsp3) is 0.600. The summed E-state index contributed by atoms with van der Waals surface area (Å²) in [5, 5.41) is 0. The van der Waals surface area contributed by atoms with E-state index < -0.39 is 0 Å². The third kappa shape index (κ3) is 3.01. The molecule has 0 bridgehead atoms. The van der Waals surface area contributed by atoms with Crippen molar-refractivity contribution in [2.24, 2.45) is 5.73 Å². The van der Waals surface area contributed by atoms with E-state index in [1.54, 1.807) is 0 Å². The highest BCUT2D eigenvalue weighted by atomic mass is 16.5. The third-order valence-electron chi connectivity index (χ3n) is 3.85. The van der Waals surface area contributed by atoms with Crippen LogP contribution in [0.3, 0.4) is 0 Å². The lowest BCUT2D eigenvalue weighted by Crippen LogP contribution is -2.31. The van der Waals surface area contributed by atoms with Crippen LogP contribution in [-0.2, 0) is 5.54 Å². The number of benzene rings is 1. The fourth-order valence-electron chi connectivity index (χ4n) is 2.32. The first kappa shape index (κ1) is 12.4. The normalized spacial score (nSPS) is 20.2. The van der Waals surface area contributed by atoms with Gasteiger partial charge in [0, 0.05) is 5.54 Å². The summed E-state index contributed by atoms with van der Waals surface area (Å²) in [5.74, 6) is 0.979. The highest BCUT2D eigenvalue weighted by Crippen LogP contribution is 2.27. The Hall–Kier alpha value is -1.02. The molecular weight excluding hydrogens is 210 g/mol. The Morgan fingerprint density at radius 3 is 2.35 bits per heavy atom. The Morgan fingerprint density at radius 1 is 1.24 bits per heavy atom. The van der Waals surface area contributed by atoms with Gasteiger partial charge < -0.3 is 10.5 Å². The SMILES string of the molecule is CCC(C)(N)c1ccc(OC2CCCC2)cc1. The van der Waals surface area contributed by atoms with E-state index in [1.165, 1.54) is 31.2 Å². The highest BCUT2D eigenvalue weighted by molar-refractivity contribution is 5.31. The second kappa shape index (κ2) is 5.09. The number of hydrogen-bond acceptors (Lipinski definition) is 2. The minimum absolute atomic E-state index is 0.230. The third-order valence-corrected chi connectivity index (χ3v) is 3.85. The number of ether oxygens (including phenoxy) is 1. The van der Waals surface area contributed by atoms with Crippen molar-refractivity contribution in [1.29, 1.82) is 0 Å². The number of rotatable bonds is 4. The Morgan fingerprint density at radius 2 is 1.82 bits per heavy atom. The van der Waals surface area contributed by atoms with Crippen LogP contribution < -0.4 is 10.5 Å². The van der Waals surface area contributed by atoms with Gasteiger partial charge >= 0.3 is 0 Å². The molecular formula is C15H23NO. The lowest BCUT2D eigenvalue weighted by atomic mass is 9.91. The van der Waals surface area contributed by atoms with Crippen molar-refractivity contribution >= 4 is 0 Å². The first-order valence-corrected chi connectivity index (χ1v) is 6.68. The minimum atomic E-state index is -0.230. The van der Waals surface area contributed by atoms with Crippen LogP contribution >= 0.6 is 0 Å². The molecule has 94 valence electrons. The molecule has 0 aliphatic heterocycles. The van der Waals surface area contributed by atoms with Gasteiger partial charge in [0.15, 0.2) is 0 Å². The van der Waals surface area contributed by atoms with E-state index in [2.05, 4.69) is 38.1 Å². The monoisotopic (exact) mass is 233 g/mol. The molecule has 0 saturated heterocycles. The molecule has 1 aliphatic carbocycles. The van der Waals surface area contributed by atoms with Gasteiger partial charge in [-0.3, -0.25) is 0 Å². The lowest BCUT2D eigenvalue weighted by Gasteiger charge is -2.23. The summed E-state index contributed by atoms with van der Waals surface area (Å²) in [5.41, 5.74) is 7.16. The Balaban J connectivity index is 2.02. The zero-order chi connectivity index (χ0) is 12.3. The maximum Gasteiger partial charge on any atom is 0.119 e. The van der Waals surface area contributed by atoms with E-state index in [9.17, 15) is 0 Å². The van der Waals surface area contributed by atoms with Crippen molar-refractivity contribution in [2.45, 2.75) is 57.6 Å². The molecule has 1 unspecified atom stereocenters. The van der Waals surface area contributed by atoms with Gasteiger partial charge in [0.2, 0.25) is 0 Å². The molecule has 2 N–H and O–H groups in total. The van der Waals surface area contributed by atoms with Gasteiger partial charge in [0.05, 0.1) is 6.10 Å². The second-order valence-corrected chi connectivity index (χ2v) is 5.32. The molecule has 0 spiro atoms. The molecule has 17 heavy (non-hydrogen) atoms. The summed E-state index contributed by atoms with van der Waals surface area (Å²) in [6.45, 7) is 4.18. The average Bonchev–Trinajstić information content (AvgIpc) is 2.83. The zero-order valence-corrected chi connectivity index (χ0v) is 10.9. The van der Waals surface area contributed by atoms with Gasteiger partial charge in [-0.05, 0) is 56.7 Å². The fourth-order valence-corrected chi connectivity index (χ4v) is 2.32. The molecule has 1 aliphatic rings. The smallest absolute Gasteiger partial charge is 0.119 e. The molecule has 0 amide bonds. The van der Waals surface area contributed by atoms with Gasteiger partial charge in [-0.2, -0.15) is 0 Å². The highest BCUT2D eigenvalue weighted by Gasteiger charge is 2.19. The predicted molar refractivity (Wildman–Crippen MR) is 71.2 cm³/mol. The van der Waals surface area contributed by atoms with Crippen LogP contribution in [0.5, 0.6) is 5.75 Å². The van der Waals surface area contributed by atoms with E-state index in [0.29, 0.717) is 6.10 Å². The van der Waals surface area contributed by atoms with Crippen molar-refractivity contribution in [3.63, 3.8) is 0 Å². The molecule has 1 aromatic carbocycles. The molecule has 1 saturated carbocycles. The van der Waals surface area contributed by atoms with Gasteiger partial charge in [-0.1, -0.05) is 19.1 Å². The molecule has 2 heteroatoms. The van der Waals surface area contributed by atoms with Gasteiger partial charge in [0.1, 0.15) is 5.75 Å². The average molecular weight is 233 g/mol. The molecule has 0 radical (unpaired) electrons. The van der Waals surface area contributed by atoms with Crippen LogP contribution in [0.15, 0.2) is 24.3 Å². The largest absolute Gasteiger partial charge is 0.490 e. The van der Waals surface area contributed by atoms with E-state index in [4.69, 9.17) is 10.5 Å². The van der Waals surface area contributed by atoms with Crippen LogP contribution in [0.4, 0.5) is 0 Å². The van der Waals surface area contributed by atoms with Crippen molar-refractivity contribution in [2.75, 3.05) is 0 Å². The summed E-state index contributed by atoms with van der Waals surface area (Å²) in [6, 6.07) is 8.28. The Labute approximate surface area is 104 Å². The van der Waals surface area contributed by atoms with E-state index >= 15 is 0 Å². The van der Waals surface area contributed by atoms with Gasteiger partial charge in [-0.25, -0.2) is 0 Å². The number of nitrogens with two attached hydrogens (primary N) is 1. The topological polar surface area (TPSA) is 35.2 Å². The van der Waals surface area contributed by atoms with Gasteiger partial charge in [-0.15, -0.1) is 0 Å². The van der Waals surface area contributed by atoms with Crippen molar-refractivity contribution in [1.82, 2.24) is 0 Å². The van der Waals surface area contributed by atoms with Crippen LogP contribution in [0.25, 0.3) is 0 Å². The molecule has 1 atom stereocenters. The standard InChI is InChI=1S/C15H23NO/c1-3-15(2,16)12-8-10-14(11-9-12)17-13-6-4-5-7-13/h8-11,13H,3-7,16H2,1-2H3. The number of hydrogen-bond donors (Lipinski definition) is 1. The Bertz CT molecular complexity index is 350. The quantitative estimate of drug-likeness (QED) is 0.862. The summed E-state index contributed by atoms with van der Waals surface area (Å²) < 4.78 is 5.94. The first-order valence-electron chi connectivity index (χ1n) is 6.68. The van der Waals surface area contributed by atoms with Crippen LogP contribution in [0.1, 0.15) is 51.5 Å². The van der Waals surface area contributed by atoms with Crippen molar-refractivity contribution in [3.8, 4) is 5.75 Å². The molecule has 2 rings (SSSR count). The lowest BCUT2D eigenvalue weighted by molar-refractivity contribution is 0.210. The second-order valence-electron chi connectivity index (χ2n) is 5.32. The summed E-state index contributed by atoms with van der Waals surface area (Å²) in [4.78, 5) is 0. The molecule has 0 aromatic heterocycles. The zero-order valence-electron chi connectivity index (χ0n) is 10.9. The van der Waals surface area contributed by atoms with Crippen LogP contribution in [0, 0.1) is 0 Å². The maximum atomic E-state index is 6.21. The first-order chi connectivity index (χ1) is 8.12. The Kier molecular flexibility index (Phi) is 3.72. The summed E-state index contributed by atoms with van der Waals surface area (Å²) >= 11 is 0. The summed E-state index contributed by atoms with van der Waals surface area (Å²) in [6.07, 6.45) is 6.38. The molecule has 0 heterocycles. The van der Waals surface area contributed by atoms with E-state index in [1.807, 2.05) is 0 Å². The van der Waals surface area contributed by atoms with Crippen molar-refractivity contribution in [3.05, 3.63) is 29.8 Å². The van der Waals surface area contributed by atoms with E-state index in [0.717, 1.165) is 12.2 Å². The van der Waals surface area contributed by atoms with Gasteiger partial charge in [0.25, 0.3) is 0 Å². The molecule has 2 nitrogen and oxygen atoms in total. The van der Waals surface area contributed by atoms with Crippen molar-refractivity contribution < 1.29 is 4.74 Å². The maximum absolute atomic E-state index is 6.21. The van der Waals surface area contributed by atoms with E-state index in [-0.39, 0.29) is 5.54 Å². The minimum Gasteiger partial charge on any atom is -0.490 e. The summed E-state index contributed by atoms with van der Waals surface area (Å²) in [7, 11) is 0. The molecule has 1 fully saturated rings. The van der Waals surface area contributed by atoms with Crippen LogP contribution in [0.2, 0.25) is 0 Å². The predicted octanol–water partition coefficient (Wildman–Crippen LogP) is 3.59.